The molecular formula is C22H25N3O3. The molecule has 28 heavy (non-hydrogen) atoms. The number of hydrogen-bond acceptors (Lipinski definition) is 5. The summed E-state index contributed by atoms with van der Waals surface area (Å²) in [6.07, 6.45) is 3.77. The Balaban J connectivity index is 1.41. The quantitative estimate of drug-likeness (QED) is 0.652. The van der Waals surface area contributed by atoms with Crippen LogP contribution in [0.1, 0.15) is 24.8 Å². The molecule has 1 amide bonds. The fourth-order valence-electron chi connectivity index (χ4n) is 3.78. The van der Waals surface area contributed by atoms with Gasteiger partial charge >= 0.3 is 5.97 Å². The molecule has 0 aromatic heterocycles. The second kappa shape index (κ2) is 7.92. The molecule has 4 rings (SSSR count). The summed E-state index contributed by atoms with van der Waals surface area (Å²) in [5.74, 6) is -0.0107. The molecule has 0 atom stereocenters. The molecule has 1 saturated heterocycles. The first-order valence-corrected chi connectivity index (χ1v) is 9.80. The van der Waals surface area contributed by atoms with Gasteiger partial charge in [0.05, 0.1) is 12.2 Å². The number of hydrogen-bond donors (Lipinski definition) is 1. The van der Waals surface area contributed by atoms with E-state index in [1.807, 2.05) is 31.2 Å². The summed E-state index contributed by atoms with van der Waals surface area (Å²) < 4.78 is 5.27. The van der Waals surface area contributed by atoms with E-state index in [1.165, 1.54) is 24.9 Å². The van der Waals surface area contributed by atoms with Gasteiger partial charge in [0, 0.05) is 24.5 Å². The summed E-state index contributed by atoms with van der Waals surface area (Å²) in [6.45, 7) is 4.32. The molecule has 1 fully saturated rings. The molecule has 0 spiro atoms. The number of carbonyl (C=O) groups is 2. The molecule has 0 unspecified atom stereocenters. The molecule has 6 heteroatoms. The van der Waals surface area contributed by atoms with E-state index in [0.717, 1.165) is 30.0 Å². The molecule has 6 nitrogen and oxygen atoms in total. The number of ether oxygens (including phenoxy) is 1. The first kappa shape index (κ1) is 18.3. The molecule has 0 saturated carbocycles. The van der Waals surface area contributed by atoms with Crippen molar-refractivity contribution in [3.05, 3.63) is 48.0 Å². The molecule has 2 aliphatic rings. The third-order valence-electron chi connectivity index (χ3n) is 5.21. The number of rotatable bonds is 4. The van der Waals surface area contributed by atoms with Crippen molar-refractivity contribution in [1.29, 1.82) is 0 Å². The van der Waals surface area contributed by atoms with Crippen LogP contribution in [0.4, 0.5) is 17.1 Å². The maximum atomic E-state index is 12.6. The molecule has 2 aromatic rings. The van der Waals surface area contributed by atoms with Crippen molar-refractivity contribution < 1.29 is 14.3 Å². The lowest BCUT2D eigenvalue weighted by Crippen LogP contribution is -2.41. The van der Waals surface area contributed by atoms with E-state index < -0.39 is 0 Å². The van der Waals surface area contributed by atoms with Crippen molar-refractivity contribution in [2.24, 2.45) is 0 Å². The number of amides is 1. The maximum absolute atomic E-state index is 12.6. The van der Waals surface area contributed by atoms with Crippen LogP contribution in [-0.4, -0.2) is 38.1 Å². The highest BCUT2D eigenvalue weighted by Gasteiger charge is 2.25. The highest BCUT2D eigenvalue weighted by atomic mass is 16.5. The van der Waals surface area contributed by atoms with Crippen LogP contribution in [0.15, 0.2) is 42.5 Å². The lowest BCUT2D eigenvalue weighted by molar-refractivity contribution is -0.133. The summed E-state index contributed by atoms with van der Waals surface area (Å²) in [6, 6.07) is 13.6. The highest BCUT2D eigenvalue weighted by Crippen LogP contribution is 2.32. The third kappa shape index (κ3) is 4.11. The van der Waals surface area contributed by atoms with Gasteiger partial charge in [0.1, 0.15) is 6.54 Å². The predicted molar refractivity (Wildman–Crippen MR) is 110 cm³/mol. The van der Waals surface area contributed by atoms with Gasteiger partial charge in [0.2, 0.25) is 5.91 Å². The Morgan fingerprint density at radius 3 is 2.57 bits per heavy atom. The Morgan fingerprint density at radius 2 is 1.82 bits per heavy atom. The zero-order chi connectivity index (χ0) is 19.5. The van der Waals surface area contributed by atoms with E-state index in [9.17, 15) is 9.59 Å². The minimum atomic E-state index is -0.352. The van der Waals surface area contributed by atoms with Crippen molar-refractivity contribution in [2.45, 2.75) is 26.2 Å². The van der Waals surface area contributed by atoms with Gasteiger partial charge in [-0.25, -0.2) is 4.79 Å². The SMILES string of the molecule is Cc1ccc2c(c1)N(CC(=O)Nc1ccc(N3CCCCC3)cc1)CC(=O)O2. The fraction of sp³-hybridized carbons (Fsp3) is 0.364. The Labute approximate surface area is 165 Å². The van der Waals surface area contributed by atoms with Crippen LogP contribution in [0.25, 0.3) is 0 Å². The minimum Gasteiger partial charge on any atom is -0.423 e. The van der Waals surface area contributed by atoms with Gasteiger partial charge in [-0.3, -0.25) is 4.79 Å². The van der Waals surface area contributed by atoms with E-state index in [1.54, 1.807) is 11.0 Å². The Morgan fingerprint density at radius 1 is 1.07 bits per heavy atom. The van der Waals surface area contributed by atoms with Crippen molar-refractivity contribution in [3.63, 3.8) is 0 Å². The topological polar surface area (TPSA) is 61.9 Å². The number of piperidine rings is 1. The zero-order valence-corrected chi connectivity index (χ0v) is 16.1. The van der Waals surface area contributed by atoms with Crippen molar-refractivity contribution in [3.8, 4) is 5.75 Å². The Kier molecular flexibility index (Phi) is 5.19. The van der Waals surface area contributed by atoms with Crippen molar-refractivity contribution >= 4 is 28.9 Å². The summed E-state index contributed by atoms with van der Waals surface area (Å²) in [4.78, 5) is 28.5. The molecule has 1 N–H and O–H groups in total. The molecule has 146 valence electrons. The van der Waals surface area contributed by atoms with Crippen LogP contribution in [0.3, 0.4) is 0 Å². The average Bonchev–Trinajstić information content (AvgIpc) is 2.70. The first-order valence-electron chi connectivity index (χ1n) is 9.80. The van der Waals surface area contributed by atoms with Crippen molar-refractivity contribution in [1.82, 2.24) is 0 Å². The van der Waals surface area contributed by atoms with Gasteiger partial charge in [-0.15, -0.1) is 0 Å². The molecule has 2 aromatic carbocycles. The normalized spacial score (nSPS) is 16.4. The van der Waals surface area contributed by atoms with Gasteiger partial charge in [-0.05, 0) is 68.1 Å². The standard InChI is InChI=1S/C22H25N3O3/c1-16-5-10-20-19(13-16)25(15-22(27)28-20)14-21(26)23-17-6-8-18(9-7-17)24-11-3-2-4-12-24/h5-10,13H,2-4,11-12,14-15H2,1H3,(H,23,26). The molecule has 2 heterocycles. The number of nitrogens with one attached hydrogen (secondary N) is 1. The zero-order valence-electron chi connectivity index (χ0n) is 16.1. The molecular weight excluding hydrogens is 354 g/mol. The van der Waals surface area contributed by atoms with Crippen LogP contribution >= 0.6 is 0 Å². The number of aryl methyl sites for hydroxylation is 1. The van der Waals surface area contributed by atoms with E-state index in [0.29, 0.717) is 5.75 Å². The number of fused-ring (bicyclic) bond motifs is 1. The number of nitrogens with zero attached hydrogens (tertiary/aromatic N) is 2. The fourth-order valence-corrected chi connectivity index (χ4v) is 3.78. The lowest BCUT2D eigenvalue weighted by Gasteiger charge is -2.30. The summed E-state index contributed by atoms with van der Waals surface area (Å²) in [5.41, 5.74) is 3.78. The lowest BCUT2D eigenvalue weighted by atomic mass is 10.1. The molecule has 2 aliphatic heterocycles. The molecule has 0 radical (unpaired) electrons. The van der Waals surface area contributed by atoms with Gasteiger partial charge < -0.3 is 19.9 Å². The van der Waals surface area contributed by atoms with Crippen molar-refractivity contribution in [2.75, 3.05) is 41.3 Å². The minimum absolute atomic E-state index is 0.0672. The summed E-state index contributed by atoms with van der Waals surface area (Å²) in [7, 11) is 0. The molecule has 0 aliphatic carbocycles. The number of anilines is 3. The van der Waals surface area contributed by atoms with Gasteiger partial charge in [-0.2, -0.15) is 0 Å². The van der Waals surface area contributed by atoms with Crippen LogP contribution in [0.2, 0.25) is 0 Å². The van der Waals surface area contributed by atoms with Gasteiger partial charge in [0.15, 0.2) is 5.75 Å². The monoisotopic (exact) mass is 379 g/mol. The van der Waals surface area contributed by atoms with Crippen LogP contribution in [0, 0.1) is 6.92 Å². The van der Waals surface area contributed by atoms with E-state index in [2.05, 4.69) is 22.3 Å². The Hall–Kier alpha value is -3.02. The summed E-state index contributed by atoms with van der Waals surface area (Å²) in [5, 5.41) is 2.93. The van der Waals surface area contributed by atoms with E-state index in [-0.39, 0.29) is 25.0 Å². The highest BCUT2D eigenvalue weighted by molar-refractivity contribution is 5.96. The van der Waals surface area contributed by atoms with Crippen LogP contribution < -0.4 is 19.9 Å². The second-order valence-electron chi connectivity index (χ2n) is 7.44. The first-order chi connectivity index (χ1) is 13.6. The number of carbonyl (C=O) groups excluding carboxylic acids is 2. The molecule has 0 bridgehead atoms. The van der Waals surface area contributed by atoms with Crippen LogP contribution in [0.5, 0.6) is 5.75 Å². The maximum Gasteiger partial charge on any atom is 0.331 e. The average molecular weight is 379 g/mol. The van der Waals surface area contributed by atoms with E-state index in [4.69, 9.17) is 4.74 Å². The third-order valence-corrected chi connectivity index (χ3v) is 5.21. The number of benzene rings is 2. The van der Waals surface area contributed by atoms with Gasteiger partial charge in [0.25, 0.3) is 0 Å². The number of esters is 1. The van der Waals surface area contributed by atoms with Gasteiger partial charge in [-0.1, -0.05) is 6.07 Å². The Bertz CT molecular complexity index is 873. The smallest absolute Gasteiger partial charge is 0.331 e. The van der Waals surface area contributed by atoms with E-state index >= 15 is 0 Å². The largest absolute Gasteiger partial charge is 0.423 e. The van der Waals surface area contributed by atoms with Crippen LogP contribution in [-0.2, 0) is 9.59 Å². The second-order valence-corrected chi connectivity index (χ2v) is 7.44. The summed E-state index contributed by atoms with van der Waals surface area (Å²) >= 11 is 0. The predicted octanol–water partition coefficient (Wildman–Crippen LogP) is 3.35.